The van der Waals surface area contributed by atoms with Crippen molar-refractivity contribution in [1.82, 2.24) is 4.90 Å². The maximum absolute atomic E-state index is 11.0. The van der Waals surface area contributed by atoms with Crippen molar-refractivity contribution < 1.29 is 9.84 Å². The molecule has 118 valence electrons. The zero-order valence-corrected chi connectivity index (χ0v) is 14.2. The van der Waals surface area contributed by atoms with E-state index in [1.54, 1.807) is 0 Å². The molecule has 0 radical (unpaired) electrons. The Morgan fingerprint density at radius 1 is 1.29 bits per heavy atom. The number of aliphatic hydroxyl groups is 1. The van der Waals surface area contributed by atoms with Crippen LogP contribution in [0, 0.1) is 13.8 Å². The Balaban J connectivity index is 2.40. The van der Waals surface area contributed by atoms with Crippen LogP contribution in [0.25, 0.3) is 0 Å². The SMILES string of the molecule is CCCCN(C)C1C(O)c2c(C)cc(C)cc2OC1(C)C. The summed E-state index contributed by atoms with van der Waals surface area (Å²) >= 11 is 0. The van der Waals surface area contributed by atoms with Gasteiger partial charge in [-0.1, -0.05) is 19.4 Å². The van der Waals surface area contributed by atoms with Crippen LogP contribution in [0.5, 0.6) is 5.75 Å². The first-order chi connectivity index (χ1) is 9.77. The van der Waals surface area contributed by atoms with Crippen LogP contribution in [-0.2, 0) is 0 Å². The molecule has 1 aliphatic rings. The Morgan fingerprint density at radius 3 is 2.57 bits per heavy atom. The minimum atomic E-state index is -0.508. The Bertz CT molecular complexity index is 510. The number of likely N-dealkylation sites (N-methyl/N-ethyl adjacent to an activating group) is 1. The first-order valence-electron chi connectivity index (χ1n) is 7.96. The van der Waals surface area contributed by atoms with Crippen LogP contribution in [0.15, 0.2) is 12.1 Å². The Morgan fingerprint density at radius 2 is 1.95 bits per heavy atom. The van der Waals surface area contributed by atoms with Gasteiger partial charge in [0.25, 0.3) is 0 Å². The zero-order valence-electron chi connectivity index (χ0n) is 14.2. The minimum absolute atomic E-state index is 0.0297. The normalized spacial score (nSPS) is 23.8. The molecule has 0 saturated heterocycles. The zero-order chi connectivity index (χ0) is 15.8. The van der Waals surface area contributed by atoms with Crippen LogP contribution in [-0.4, -0.2) is 35.2 Å². The van der Waals surface area contributed by atoms with Gasteiger partial charge in [0.1, 0.15) is 17.5 Å². The molecule has 0 aliphatic carbocycles. The molecule has 3 nitrogen and oxygen atoms in total. The maximum atomic E-state index is 11.0. The summed E-state index contributed by atoms with van der Waals surface area (Å²) in [5.74, 6) is 0.838. The average Bonchev–Trinajstić information content (AvgIpc) is 2.33. The molecule has 21 heavy (non-hydrogen) atoms. The highest BCUT2D eigenvalue weighted by molar-refractivity contribution is 5.47. The second-order valence-corrected chi connectivity index (χ2v) is 6.92. The predicted octanol–water partition coefficient (Wildman–Crippen LogP) is 3.61. The highest BCUT2D eigenvalue weighted by Crippen LogP contribution is 2.43. The first kappa shape index (κ1) is 16.3. The molecule has 1 aromatic carbocycles. The van der Waals surface area contributed by atoms with E-state index in [1.807, 2.05) is 6.07 Å². The fourth-order valence-corrected chi connectivity index (χ4v) is 3.60. The molecule has 0 aromatic heterocycles. The summed E-state index contributed by atoms with van der Waals surface area (Å²) in [4.78, 5) is 2.25. The molecule has 1 aliphatic heterocycles. The van der Waals surface area contributed by atoms with Gasteiger partial charge in [-0.2, -0.15) is 0 Å². The Hall–Kier alpha value is -1.06. The van der Waals surface area contributed by atoms with E-state index in [4.69, 9.17) is 4.74 Å². The molecule has 0 bridgehead atoms. The molecule has 0 fully saturated rings. The van der Waals surface area contributed by atoms with Crippen LogP contribution >= 0.6 is 0 Å². The van der Waals surface area contributed by atoms with Gasteiger partial charge < -0.3 is 9.84 Å². The quantitative estimate of drug-likeness (QED) is 0.920. The van der Waals surface area contributed by atoms with Crippen molar-refractivity contribution in [1.29, 1.82) is 0 Å². The fraction of sp³-hybridized carbons (Fsp3) is 0.667. The third-order valence-corrected chi connectivity index (χ3v) is 4.51. The van der Waals surface area contributed by atoms with Gasteiger partial charge in [0, 0.05) is 5.56 Å². The standard InChI is InChI=1S/C18H29NO2/c1-7-8-9-19(6)17-16(20)15-13(3)10-12(2)11-14(15)21-18(17,4)5/h10-11,16-17,20H,7-9H2,1-6H3. The van der Waals surface area contributed by atoms with E-state index >= 15 is 0 Å². The average molecular weight is 291 g/mol. The molecule has 1 heterocycles. The molecule has 2 atom stereocenters. The van der Waals surface area contributed by atoms with Crippen LogP contribution < -0.4 is 4.74 Å². The van der Waals surface area contributed by atoms with E-state index in [-0.39, 0.29) is 6.04 Å². The highest BCUT2D eigenvalue weighted by atomic mass is 16.5. The number of aliphatic hydroxyl groups excluding tert-OH is 1. The van der Waals surface area contributed by atoms with Gasteiger partial charge in [-0.05, 0) is 64.9 Å². The van der Waals surface area contributed by atoms with Crippen molar-refractivity contribution in [3.63, 3.8) is 0 Å². The summed E-state index contributed by atoms with van der Waals surface area (Å²) in [6.45, 7) is 11.4. The summed E-state index contributed by atoms with van der Waals surface area (Å²) in [6, 6.07) is 4.13. The molecular weight excluding hydrogens is 262 g/mol. The molecule has 0 saturated carbocycles. The number of benzene rings is 1. The number of hydrogen-bond acceptors (Lipinski definition) is 3. The second-order valence-electron chi connectivity index (χ2n) is 6.92. The van der Waals surface area contributed by atoms with Crippen molar-refractivity contribution >= 4 is 0 Å². The summed E-state index contributed by atoms with van der Waals surface area (Å²) in [7, 11) is 2.09. The molecular formula is C18H29NO2. The molecule has 0 amide bonds. The van der Waals surface area contributed by atoms with E-state index in [1.165, 1.54) is 5.56 Å². The number of fused-ring (bicyclic) bond motifs is 1. The van der Waals surface area contributed by atoms with Crippen molar-refractivity contribution in [3.8, 4) is 5.75 Å². The molecule has 1 N–H and O–H groups in total. The van der Waals surface area contributed by atoms with E-state index in [2.05, 4.69) is 52.6 Å². The third kappa shape index (κ3) is 3.09. The number of unbranched alkanes of at least 4 members (excludes halogenated alkanes) is 1. The number of nitrogens with zero attached hydrogens (tertiary/aromatic N) is 1. The summed E-state index contributed by atoms with van der Waals surface area (Å²) in [5, 5.41) is 11.0. The van der Waals surface area contributed by atoms with Gasteiger partial charge in [0.05, 0.1) is 6.04 Å². The molecule has 2 rings (SSSR count). The van der Waals surface area contributed by atoms with E-state index in [0.29, 0.717) is 0 Å². The van der Waals surface area contributed by atoms with E-state index in [0.717, 1.165) is 36.3 Å². The molecule has 2 unspecified atom stereocenters. The lowest BCUT2D eigenvalue weighted by atomic mass is 9.83. The lowest BCUT2D eigenvalue weighted by Crippen LogP contribution is -2.57. The van der Waals surface area contributed by atoms with Gasteiger partial charge in [0.15, 0.2) is 0 Å². The number of rotatable bonds is 4. The Kier molecular flexibility index (Phi) is 4.64. The lowest BCUT2D eigenvalue weighted by molar-refractivity contribution is -0.0752. The number of hydrogen-bond donors (Lipinski definition) is 1. The van der Waals surface area contributed by atoms with E-state index in [9.17, 15) is 5.11 Å². The van der Waals surface area contributed by atoms with E-state index < -0.39 is 11.7 Å². The fourth-order valence-electron chi connectivity index (χ4n) is 3.60. The van der Waals surface area contributed by atoms with Gasteiger partial charge in [-0.15, -0.1) is 0 Å². The minimum Gasteiger partial charge on any atom is -0.486 e. The van der Waals surface area contributed by atoms with Crippen LogP contribution in [0.4, 0.5) is 0 Å². The topological polar surface area (TPSA) is 32.7 Å². The largest absolute Gasteiger partial charge is 0.486 e. The van der Waals surface area contributed by atoms with Crippen molar-refractivity contribution in [2.24, 2.45) is 0 Å². The van der Waals surface area contributed by atoms with Gasteiger partial charge in [-0.3, -0.25) is 4.90 Å². The van der Waals surface area contributed by atoms with Crippen molar-refractivity contribution in [3.05, 3.63) is 28.8 Å². The summed E-state index contributed by atoms with van der Waals surface area (Å²) < 4.78 is 6.26. The third-order valence-electron chi connectivity index (χ3n) is 4.51. The Labute approximate surface area is 128 Å². The van der Waals surface area contributed by atoms with Crippen molar-refractivity contribution in [2.75, 3.05) is 13.6 Å². The second kappa shape index (κ2) is 5.98. The smallest absolute Gasteiger partial charge is 0.126 e. The van der Waals surface area contributed by atoms with Gasteiger partial charge >= 0.3 is 0 Å². The lowest BCUT2D eigenvalue weighted by Gasteiger charge is -2.47. The highest BCUT2D eigenvalue weighted by Gasteiger charge is 2.45. The maximum Gasteiger partial charge on any atom is 0.126 e. The molecule has 3 heteroatoms. The van der Waals surface area contributed by atoms with Crippen molar-refractivity contribution in [2.45, 2.75) is 65.2 Å². The summed E-state index contributed by atoms with van der Waals surface area (Å²) in [5.41, 5.74) is 2.83. The predicted molar refractivity (Wildman–Crippen MR) is 86.9 cm³/mol. The van der Waals surface area contributed by atoms with Crippen LogP contribution in [0.1, 0.15) is 56.4 Å². The number of ether oxygens (including phenoxy) is 1. The number of aryl methyl sites for hydroxylation is 2. The first-order valence-corrected chi connectivity index (χ1v) is 7.96. The van der Waals surface area contributed by atoms with Gasteiger partial charge in [0.2, 0.25) is 0 Å². The van der Waals surface area contributed by atoms with Crippen LogP contribution in [0.2, 0.25) is 0 Å². The monoisotopic (exact) mass is 291 g/mol. The molecule has 1 aromatic rings. The van der Waals surface area contributed by atoms with Crippen LogP contribution in [0.3, 0.4) is 0 Å². The van der Waals surface area contributed by atoms with Gasteiger partial charge in [-0.25, -0.2) is 0 Å². The summed E-state index contributed by atoms with van der Waals surface area (Å²) in [6.07, 6.45) is 1.78. The molecule has 0 spiro atoms.